The van der Waals surface area contributed by atoms with Gasteiger partial charge in [0.2, 0.25) is 0 Å². The first kappa shape index (κ1) is 30.0. The van der Waals surface area contributed by atoms with Crippen LogP contribution < -0.4 is 11.2 Å². The predicted molar refractivity (Wildman–Crippen MR) is 123 cm³/mol. The molecule has 0 amide bonds. The third-order valence-corrected chi connectivity index (χ3v) is 6.33. The summed E-state index contributed by atoms with van der Waals surface area (Å²) in [5.41, 5.74) is -1.78. The van der Waals surface area contributed by atoms with Crippen LogP contribution in [0.3, 0.4) is 0 Å². The largest absolute Gasteiger partial charge is 0.344 e. The topological polar surface area (TPSA) is 128 Å². The van der Waals surface area contributed by atoms with Crippen molar-refractivity contribution in [3.63, 3.8) is 0 Å². The number of hydrogen-bond donors (Lipinski definition) is 1. The smallest absolute Gasteiger partial charge is 0.330 e. The monoisotopic (exact) mass is 608 g/mol. The van der Waals surface area contributed by atoms with Gasteiger partial charge >= 0.3 is 5.69 Å². The van der Waals surface area contributed by atoms with Gasteiger partial charge in [0.25, 0.3) is 20.5 Å². The molecule has 0 saturated carbocycles. The van der Waals surface area contributed by atoms with Gasteiger partial charge < -0.3 is 13.8 Å². The lowest BCUT2D eigenvalue weighted by atomic mass is 10.3. The van der Waals surface area contributed by atoms with Gasteiger partial charge in [-0.25, -0.2) is 23.1 Å². The maximum atomic E-state index is 13.7. The number of hydrogen-bond acceptors (Lipinski definition) is 9. The van der Waals surface area contributed by atoms with Crippen LogP contribution in [0.25, 0.3) is 0 Å². The Morgan fingerprint density at radius 1 is 1.21 bits per heavy atom. The molecule has 15 heteroatoms. The normalized spacial score (nSPS) is 14.7. The van der Waals surface area contributed by atoms with Crippen molar-refractivity contribution in [1.82, 2.24) is 14.2 Å². The first-order chi connectivity index (χ1) is 15.6. The van der Waals surface area contributed by atoms with Gasteiger partial charge in [-0.05, 0) is 27.7 Å². The van der Waals surface area contributed by atoms with E-state index >= 15 is 0 Å². The number of alkyl halides is 2. The molecule has 0 bridgehead atoms. The molecule has 0 fully saturated rings. The van der Waals surface area contributed by atoms with E-state index in [1.165, 1.54) is 23.0 Å². The zero-order chi connectivity index (χ0) is 25.0. The van der Waals surface area contributed by atoms with Crippen molar-refractivity contribution in [3.05, 3.63) is 33.1 Å². The molecule has 0 aromatic carbocycles. The van der Waals surface area contributed by atoms with Gasteiger partial charge in [-0.3, -0.25) is 14.3 Å². The summed E-state index contributed by atoms with van der Waals surface area (Å²) in [6.45, 7) is 7.38. The van der Waals surface area contributed by atoms with Crippen LogP contribution in [0.2, 0.25) is 0 Å². The minimum Gasteiger partial charge on any atom is -0.344 e. The highest BCUT2D eigenvalue weighted by Gasteiger charge is 2.32. The molecular formula is C18H28F2IN4O7P. The molecule has 0 aliphatic carbocycles. The molecule has 0 aliphatic rings. The number of rotatable bonds is 16. The number of halogens is 3. The predicted octanol–water partition coefficient (Wildman–Crippen LogP) is 3.28. The molecule has 3 atom stereocenters. The highest BCUT2D eigenvalue weighted by atomic mass is 127. The summed E-state index contributed by atoms with van der Waals surface area (Å²) in [4.78, 5) is 30.0. The minimum atomic E-state index is -3.10. The van der Waals surface area contributed by atoms with Crippen LogP contribution >= 0.6 is 31.5 Å². The van der Waals surface area contributed by atoms with Crippen molar-refractivity contribution in [3.8, 4) is 6.07 Å². The molecule has 1 aromatic rings. The summed E-state index contributed by atoms with van der Waals surface area (Å²) < 4.78 is 51.6. The maximum Gasteiger partial charge on any atom is 0.330 e. The molecule has 33 heavy (non-hydrogen) atoms. The number of aromatic nitrogens is 2. The number of nitriles is 1. The summed E-state index contributed by atoms with van der Waals surface area (Å²) in [7, 11) is -1.67. The Labute approximate surface area is 205 Å². The van der Waals surface area contributed by atoms with Crippen LogP contribution in [0.1, 0.15) is 40.3 Å². The molecule has 11 nitrogen and oxygen atoms in total. The molecule has 1 rings (SSSR count). The van der Waals surface area contributed by atoms with E-state index in [1.807, 2.05) is 43.4 Å². The Hall–Kier alpha value is -1.05. The van der Waals surface area contributed by atoms with Gasteiger partial charge in [0.05, 0.1) is 25.7 Å². The van der Waals surface area contributed by atoms with E-state index in [0.29, 0.717) is 4.57 Å². The van der Waals surface area contributed by atoms with Crippen molar-refractivity contribution in [2.45, 2.75) is 65.0 Å². The van der Waals surface area contributed by atoms with Crippen LogP contribution in [0.15, 0.2) is 21.9 Å². The van der Waals surface area contributed by atoms with E-state index in [4.69, 9.17) is 23.9 Å². The fourth-order valence-electron chi connectivity index (χ4n) is 2.76. The number of ether oxygens (including phenoxy) is 1. The number of nitrogens with one attached hydrogen (secondary N) is 1. The second kappa shape index (κ2) is 15.8. The van der Waals surface area contributed by atoms with Crippen LogP contribution in [0, 0.1) is 11.3 Å². The number of H-pyrrole nitrogens is 1. The molecule has 0 spiro atoms. The second-order valence-corrected chi connectivity index (χ2v) is 9.00. The van der Waals surface area contributed by atoms with Crippen molar-refractivity contribution in [2.75, 3.05) is 19.8 Å². The van der Waals surface area contributed by atoms with Crippen molar-refractivity contribution in [1.29, 1.82) is 5.26 Å². The summed E-state index contributed by atoms with van der Waals surface area (Å²) >= 11 is 1.46. The van der Waals surface area contributed by atoms with Crippen LogP contribution in [-0.2, 0) is 21.9 Å². The molecule has 0 radical (unpaired) electrons. The highest BCUT2D eigenvalue weighted by Crippen LogP contribution is 2.46. The van der Waals surface area contributed by atoms with Gasteiger partial charge in [0, 0.05) is 24.3 Å². The Morgan fingerprint density at radius 3 is 2.39 bits per heavy atom. The Morgan fingerprint density at radius 2 is 1.88 bits per heavy atom. The second-order valence-electron chi connectivity index (χ2n) is 7.19. The lowest BCUT2D eigenvalue weighted by Gasteiger charge is -2.36. The van der Waals surface area contributed by atoms with Gasteiger partial charge in [0.15, 0.2) is 29.2 Å². The fourth-order valence-corrected chi connectivity index (χ4v) is 4.54. The first-order valence-electron chi connectivity index (χ1n) is 9.98. The molecule has 0 aliphatic heterocycles. The molecule has 188 valence electrons. The molecule has 1 heterocycles. The number of aromatic amines is 1. The third kappa shape index (κ3) is 10.4. The SMILES string of the molecule is CC(C)N(C(C)C)P(OCCC#N)OCC(COOI)OC(C(F)F)n1ccc(=O)[nH]c1=O. The summed E-state index contributed by atoms with van der Waals surface area (Å²) in [5, 5.41) is 8.80. The average molecular weight is 608 g/mol. The summed E-state index contributed by atoms with van der Waals surface area (Å²) in [6, 6.07) is 2.98. The Bertz CT molecular complexity index is 844. The average Bonchev–Trinajstić information content (AvgIpc) is 2.72. The Kier molecular flexibility index (Phi) is 14.3. The fraction of sp³-hybridized carbons (Fsp3) is 0.722. The lowest BCUT2D eigenvalue weighted by molar-refractivity contribution is -0.222. The van der Waals surface area contributed by atoms with Crippen molar-refractivity contribution >= 4 is 31.5 Å². The summed E-state index contributed by atoms with van der Waals surface area (Å²) in [5.74, 6) is 0. The van der Waals surface area contributed by atoms with Crippen molar-refractivity contribution < 1.29 is 30.7 Å². The third-order valence-electron chi connectivity index (χ3n) is 4.00. The van der Waals surface area contributed by atoms with Gasteiger partial charge in [-0.2, -0.15) is 8.48 Å². The zero-order valence-electron chi connectivity index (χ0n) is 18.7. The standard InChI is InChI=1S/C18H28F2IN4O7P/c1-12(2)25(13(3)4)33(29-9-5-7-22)30-11-14(10-28-32-21)31-17(16(19)20)24-8-6-15(26)23-18(24)27/h6,8,12-14,16-17H,5,9-11H2,1-4H3,(H,23,26,27). The summed E-state index contributed by atoms with van der Waals surface area (Å²) in [6.07, 6.45) is -5.14. The zero-order valence-corrected chi connectivity index (χ0v) is 21.7. The van der Waals surface area contributed by atoms with Crippen LogP contribution in [-0.4, -0.2) is 58.7 Å². The van der Waals surface area contributed by atoms with Gasteiger partial charge in [0.1, 0.15) is 12.7 Å². The van der Waals surface area contributed by atoms with E-state index in [2.05, 4.69) is 3.22 Å². The molecule has 0 saturated heterocycles. The van der Waals surface area contributed by atoms with E-state index in [9.17, 15) is 18.4 Å². The van der Waals surface area contributed by atoms with Crippen LogP contribution in [0.5, 0.6) is 0 Å². The molecular weight excluding hydrogens is 580 g/mol. The van der Waals surface area contributed by atoms with E-state index in [1.54, 1.807) is 0 Å². The molecule has 1 N–H and O–H groups in total. The van der Waals surface area contributed by atoms with E-state index < -0.39 is 38.5 Å². The van der Waals surface area contributed by atoms with Gasteiger partial charge in [-0.1, -0.05) is 0 Å². The number of nitrogens with zero attached hydrogens (tertiary/aromatic N) is 3. The lowest BCUT2D eigenvalue weighted by Crippen LogP contribution is -2.39. The Balaban J connectivity index is 3.07. The van der Waals surface area contributed by atoms with E-state index in [-0.39, 0.29) is 38.3 Å². The van der Waals surface area contributed by atoms with E-state index in [0.717, 1.165) is 12.3 Å². The maximum absolute atomic E-state index is 13.7. The van der Waals surface area contributed by atoms with Gasteiger partial charge in [-0.15, -0.1) is 0 Å². The van der Waals surface area contributed by atoms with Crippen molar-refractivity contribution in [2.24, 2.45) is 0 Å². The molecule has 3 unspecified atom stereocenters. The minimum absolute atomic E-state index is 0.0278. The molecule has 1 aromatic heterocycles. The highest BCUT2D eigenvalue weighted by molar-refractivity contribution is 14.1. The van der Waals surface area contributed by atoms with Crippen LogP contribution in [0.4, 0.5) is 8.78 Å². The quantitative estimate of drug-likeness (QED) is 0.0989. The first-order valence-corrected chi connectivity index (χ1v) is 12.0.